The molecule has 2 atom stereocenters. The van der Waals surface area contributed by atoms with Crippen LogP contribution in [0.4, 0.5) is 0 Å². The van der Waals surface area contributed by atoms with Crippen molar-refractivity contribution in [2.45, 2.75) is 18.1 Å². The molecule has 2 N–H and O–H groups in total. The molecule has 92 valence electrons. The van der Waals surface area contributed by atoms with Crippen molar-refractivity contribution in [3.05, 3.63) is 0 Å². The third kappa shape index (κ3) is 3.86. The summed E-state index contributed by atoms with van der Waals surface area (Å²) in [4.78, 5) is 11.8. The first kappa shape index (κ1) is 12.6. The minimum Gasteiger partial charge on any atom is -0.355 e. The molecule has 0 saturated carbocycles. The molecule has 2 unspecified atom stereocenters. The first-order chi connectivity index (χ1) is 7.86. The van der Waals surface area contributed by atoms with Gasteiger partial charge in [0.25, 0.3) is 0 Å². The Balaban J connectivity index is 1.59. The predicted molar refractivity (Wildman–Crippen MR) is 72.2 cm³/mol. The van der Waals surface area contributed by atoms with E-state index in [9.17, 15) is 4.79 Å². The molecule has 0 aromatic rings. The molecule has 3 nitrogen and oxygen atoms in total. The van der Waals surface area contributed by atoms with Gasteiger partial charge in [0.2, 0.25) is 5.91 Å². The van der Waals surface area contributed by atoms with Crippen LogP contribution in [0.25, 0.3) is 0 Å². The molecule has 5 heteroatoms. The molecule has 0 radical (unpaired) electrons. The van der Waals surface area contributed by atoms with Crippen LogP contribution in [0.5, 0.6) is 0 Å². The van der Waals surface area contributed by atoms with Crippen LogP contribution >= 0.6 is 23.5 Å². The number of amides is 1. The van der Waals surface area contributed by atoms with Crippen LogP contribution in [0, 0.1) is 5.92 Å². The largest absolute Gasteiger partial charge is 0.355 e. The Morgan fingerprint density at radius 1 is 1.44 bits per heavy atom. The fourth-order valence-corrected chi connectivity index (χ4v) is 4.69. The minimum absolute atomic E-state index is 0.195. The molecule has 2 aliphatic rings. The second-order valence-corrected chi connectivity index (χ2v) is 6.83. The highest BCUT2D eigenvalue weighted by molar-refractivity contribution is 8.07. The van der Waals surface area contributed by atoms with Gasteiger partial charge in [0.15, 0.2) is 0 Å². The molecule has 2 saturated heterocycles. The maximum Gasteiger partial charge on any atom is 0.233 e. The normalized spacial score (nSPS) is 30.2. The van der Waals surface area contributed by atoms with Gasteiger partial charge in [0.05, 0.1) is 5.25 Å². The van der Waals surface area contributed by atoms with Gasteiger partial charge in [-0.05, 0) is 31.8 Å². The van der Waals surface area contributed by atoms with Crippen LogP contribution in [0.3, 0.4) is 0 Å². The average Bonchev–Trinajstić information content (AvgIpc) is 2.83. The van der Waals surface area contributed by atoms with Crippen molar-refractivity contribution in [2.75, 3.05) is 36.9 Å². The summed E-state index contributed by atoms with van der Waals surface area (Å²) in [5.74, 6) is 4.33. The highest BCUT2D eigenvalue weighted by Gasteiger charge is 2.22. The van der Waals surface area contributed by atoms with Crippen molar-refractivity contribution in [3.8, 4) is 0 Å². The van der Waals surface area contributed by atoms with Crippen molar-refractivity contribution in [1.29, 1.82) is 0 Å². The maximum absolute atomic E-state index is 11.8. The lowest BCUT2D eigenvalue weighted by Gasteiger charge is -2.20. The van der Waals surface area contributed by atoms with Gasteiger partial charge in [-0.1, -0.05) is 0 Å². The molecular formula is C11H20N2OS2. The Morgan fingerprint density at radius 3 is 3.06 bits per heavy atom. The number of hydrogen-bond acceptors (Lipinski definition) is 4. The standard InChI is InChI=1S/C11H20N2OS2/c14-11(10-8-15-5-6-16-10)13-4-2-9-1-3-12-7-9/h9-10,12H,1-8H2,(H,13,14). The monoisotopic (exact) mass is 260 g/mol. The van der Waals surface area contributed by atoms with E-state index < -0.39 is 0 Å². The number of nitrogens with one attached hydrogen (secondary N) is 2. The van der Waals surface area contributed by atoms with Gasteiger partial charge in [-0.15, -0.1) is 11.8 Å². The van der Waals surface area contributed by atoms with Gasteiger partial charge in [-0.3, -0.25) is 4.79 Å². The van der Waals surface area contributed by atoms with Crippen LogP contribution < -0.4 is 10.6 Å². The molecular weight excluding hydrogens is 240 g/mol. The Morgan fingerprint density at radius 2 is 2.38 bits per heavy atom. The van der Waals surface area contributed by atoms with Gasteiger partial charge < -0.3 is 10.6 Å². The van der Waals surface area contributed by atoms with E-state index in [-0.39, 0.29) is 11.2 Å². The molecule has 16 heavy (non-hydrogen) atoms. The smallest absolute Gasteiger partial charge is 0.233 e. The SMILES string of the molecule is O=C(NCCC1CCNC1)C1CSCCS1. The summed E-state index contributed by atoms with van der Waals surface area (Å²) in [5.41, 5.74) is 0. The summed E-state index contributed by atoms with van der Waals surface area (Å²) >= 11 is 3.71. The molecule has 0 aromatic carbocycles. The summed E-state index contributed by atoms with van der Waals surface area (Å²) in [7, 11) is 0. The molecule has 0 bridgehead atoms. The highest BCUT2D eigenvalue weighted by Crippen LogP contribution is 2.24. The van der Waals surface area contributed by atoms with E-state index >= 15 is 0 Å². The van der Waals surface area contributed by atoms with E-state index in [1.807, 2.05) is 23.5 Å². The quantitative estimate of drug-likeness (QED) is 0.790. The van der Waals surface area contributed by atoms with Crippen LogP contribution in [0.1, 0.15) is 12.8 Å². The van der Waals surface area contributed by atoms with Gasteiger partial charge >= 0.3 is 0 Å². The Labute approximate surface area is 106 Å². The van der Waals surface area contributed by atoms with E-state index in [0.717, 1.165) is 43.5 Å². The van der Waals surface area contributed by atoms with Gasteiger partial charge in [0, 0.05) is 23.8 Å². The second kappa shape index (κ2) is 6.77. The Kier molecular flexibility index (Phi) is 5.32. The first-order valence-corrected chi connectivity index (χ1v) is 8.24. The zero-order valence-corrected chi connectivity index (χ0v) is 11.2. The molecule has 2 aliphatic heterocycles. The van der Waals surface area contributed by atoms with Gasteiger partial charge in [-0.25, -0.2) is 0 Å². The minimum atomic E-state index is 0.195. The molecule has 2 fully saturated rings. The topological polar surface area (TPSA) is 41.1 Å². The molecule has 2 rings (SSSR count). The zero-order valence-electron chi connectivity index (χ0n) is 9.54. The van der Waals surface area contributed by atoms with Crippen LogP contribution in [0.2, 0.25) is 0 Å². The fourth-order valence-electron chi connectivity index (χ4n) is 2.11. The van der Waals surface area contributed by atoms with E-state index in [2.05, 4.69) is 10.6 Å². The fraction of sp³-hybridized carbons (Fsp3) is 0.909. The number of thioether (sulfide) groups is 2. The molecule has 2 heterocycles. The number of hydrogen-bond donors (Lipinski definition) is 2. The van der Waals surface area contributed by atoms with E-state index in [0.29, 0.717) is 0 Å². The molecule has 0 aliphatic carbocycles. The van der Waals surface area contributed by atoms with Crippen molar-refractivity contribution in [2.24, 2.45) is 5.92 Å². The van der Waals surface area contributed by atoms with Crippen molar-refractivity contribution >= 4 is 29.4 Å². The summed E-state index contributed by atoms with van der Waals surface area (Å²) in [6.45, 7) is 3.13. The van der Waals surface area contributed by atoms with Crippen LogP contribution in [-0.2, 0) is 4.79 Å². The Bertz CT molecular complexity index is 226. The number of carbonyl (C=O) groups is 1. The van der Waals surface area contributed by atoms with Gasteiger partial charge in [0.1, 0.15) is 0 Å². The van der Waals surface area contributed by atoms with E-state index in [1.165, 1.54) is 12.2 Å². The lowest BCUT2D eigenvalue weighted by Crippen LogP contribution is -2.37. The lowest BCUT2D eigenvalue weighted by molar-refractivity contribution is -0.120. The van der Waals surface area contributed by atoms with E-state index in [4.69, 9.17) is 0 Å². The van der Waals surface area contributed by atoms with Crippen LogP contribution in [0.15, 0.2) is 0 Å². The third-order valence-electron chi connectivity index (χ3n) is 3.12. The highest BCUT2D eigenvalue weighted by atomic mass is 32.2. The summed E-state index contributed by atoms with van der Waals surface area (Å²) in [5, 5.41) is 6.63. The molecule has 0 spiro atoms. The van der Waals surface area contributed by atoms with E-state index in [1.54, 1.807) is 0 Å². The summed E-state index contributed by atoms with van der Waals surface area (Å²) in [6.07, 6.45) is 2.40. The molecule has 0 aromatic heterocycles. The summed E-state index contributed by atoms with van der Waals surface area (Å²) < 4.78 is 0. The van der Waals surface area contributed by atoms with Crippen molar-refractivity contribution in [1.82, 2.24) is 10.6 Å². The second-order valence-electron chi connectivity index (χ2n) is 4.37. The maximum atomic E-state index is 11.8. The zero-order chi connectivity index (χ0) is 11.2. The lowest BCUT2D eigenvalue weighted by atomic mass is 10.1. The number of carbonyl (C=O) groups excluding carboxylic acids is 1. The summed E-state index contributed by atoms with van der Waals surface area (Å²) in [6, 6.07) is 0. The van der Waals surface area contributed by atoms with Crippen LogP contribution in [-0.4, -0.2) is 48.0 Å². The number of rotatable bonds is 4. The third-order valence-corrected chi connectivity index (χ3v) is 5.88. The average molecular weight is 260 g/mol. The van der Waals surface area contributed by atoms with Crippen molar-refractivity contribution in [3.63, 3.8) is 0 Å². The molecule has 1 amide bonds. The Hall–Kier alpha value is 0.130. The predicted octanol–water partition coefficient (Wildman–Crippen LogP) is 0.951. The first-order valence-electron chi connectivity index (χ1n) is 6.04. The van der Waals surface area contributed by atoms with Gasteiger partial charge in [-0.2, -0.15) is 11.8 Å². The van der Waals surface area contributed by atoms with Crippen molar-refractivity contribution < 1.29 is 4.79 Å².